The molecule has 1 fully saturated rings. The Kier molecular flexibility index (Phi) is 8.37. The number of piperidine rings is 1. The quantitative estimate of drug-likeness (QED) is 0.112. The predicted molar refractivity (Wildman–Crippen MR) is 147 cm³/mol. The van der Waals surface area contributed by atoms with Crippen molar-refractivity contribution < 1.29 is 23.5 Å². The summed E-state index contributed by atoms with van der Waals surface area (Å²) in [6.45, 7) is 13.2. The van der Waals surface area contributed by atoms with E-state index in [1.54, 1.807) is 0 Å². The van der Waals surface area contributed by atoms with Gasteiger partial charge in [0.1, 0.15) is 16.4 Å². The molecule has 0 spiro atoms. The van der Waals surface area contributed by atoms with Gasteiger partial charge in [0.2, 0.25) is 0 Å². The summed E-state index contributed by atoms with van der Waals surface area (Å²) >= 11 is 15.8. The van der Waals surface area contributed by atoms with Crippen LogP contribution in [0.3, 0.4) is 0 Å². The van der Waals surface area contributed by atoms with Gasteiger partial charge in [-0.1, -0.05) is 44.0 Å². The second-order valence-electron chi connectivity index (χ2n) is 10.8. The monoisotopic (exact) mass is 621 g/mol. The Hall–Kier alpha value is -1.46. The van der Waals surface area contributed by atoms with Gasteiger partial charge in [0.05, 0.1) is 20.7 Å². The van der Waals surface area contributed by atoms with Crippen LogP contribution in [0.2, 0.25) is 28.3 Å². The molecular formula is C24H31BrCl2FN3O4Si. The van der Waals surface area contributed by atoms with E-state index in [9.17, 15) is 14.7 Å². The second-order valence-corrected chi connectivity index (χ2v) is 17.1. The molecule has 1 amide bonds. The van der Waals surface area contributed by atoms with Crippen molar-refractivity contribution in [2.45, 2.75) is 64.4 Å². The lowest BCUT2D eigenvalue weighted by molar-refractivity contribution is 0.00737. The van der Waals surface area contributed by atoms with Crippen molar-refractivity contribution in [2.75, 3.05) is 18.4 Å². The first-order valence-electron chi connectivity index (χ1n) is 11.6. The molecule has 0 bridgehead atoms. The summed E-state index contributed by atoms with van der Waals surface area (Å²) in [5, 5.41) is 13.0. The zero-order valence-corrected chi connectivity index (χ0v) is 25.2. The predicted octanol–water partition coefficient (Wildman–Crippen LogP) is 7.80. The SMILES string of the molecule is CC(Nc1c(C=O)c(Cl)nc2c(F)c(Br)c(Cl)cc12)(O[Si](C)(C)C(C)(C)C)C1CCN(C(=O)O)CC1. The normalized spacial score (nSPS) is 17.2. The summed E-state index contributed by atoms with van der Waals surface area (Å²) in [6, 6.07) is 1.53. The molecule has 1 aliphatic rings. The van der Waals surface area contributed by atoms with Crippen LogP contribution < -0.4 is 5.32 Å². The van der Waals surface area contributed by atoms with Crippen LogP contribution in [0.25, 0.3) is 10.9 Å². The molecule has 0 saturated carbocycles. The molecule has 3 rings (SSSR count). The largest absolute Gasteiger partial charge is 0.465 e. The topological polar surface area (TPSA) is 91.8 Å². The molecule has 36 heavy (non-hydrogen) atoms. The van der Waals surface area contributed by atoms with Gasteiger partial charge in [0.15, 0.2) is 20.4 Å². The molecule has 1 unspecified atom stereocenters. The maximum absolute atomic E-state index is 15.1. The van der Waals surface area contributed by atoms with Gasteiger partial charge >= 0.3 is 6.09 Å². The first-order chi connectivity index (χ1) is 16.5. The summed E-state index contributed by atoms with van der Waals surface area (Å²) in [6.07, 6.45) is 0.695. The number of carbonyl (C=O) groups excluding carboxylic acids is 1. The van der Waals surface area contributed by atoms with Crippen molar-refractivity contribution in [1.29, 1.82) is 0 Å². The van der Waals surface area contributed by atoms with Crippen LogP contribution in [-0.4, -0.2) is 54.5 Å². The van der Waals surface area contributed by atoms with Gasteiger partial charge in [-0.3, -0.25) is 4.79 Å². The number of carbonyl (C=O) groups is 2. The van der Waals surface area contributed by atoms with Gasteiger partial charge in [0, 0.05) is 24.4 Å². The van der Waals surface area contributed by atoms with Gasteiger partial charge < -0.3 is 19.7 Å². The number of anilines is 1. The fourth-order valence-corrected chi connectivity index (χ4v) is 6.60. The number of hydrogen-bond donors (Lipinski definition) is 2. The molecule has 7 nitrogen and oxygen atoms in total. The Bertz CT molecular complexity index is 1200. The first-order valence-corrected chi connectivity index (χ1v) is 16.1. The number of hydrogen-bond acceptors (Lipinski definition) is 5. The van der Waals surface area contributed by atoms with Crippen LogP contribution in [0, 0.1) is 11.7 Å². The van der Waals surface area contributed by atoms with Crippen molar-refractivity contribution in [3.05, 3.63) is 32.1 Å². The Balaban J connectivity index is 2.20. The second kappa shape index (κ2) is 10.4. The number of likely N-dealkylation sites (tertiary alicyclic amines) is 1. The van der Waals surface area contributed by atoms with Crippen molar-refractivity contribution in [1.82, 2.24) is 9.88 Å². The van der Waals surface area contributed by atoms with Crippen LogP contribution in [0.1, 0.15) is 50.9 Å². The standard InChI is InChI=1S/C24H31BrCl2FN3O4Si/c1-23(2,3)36(5,6)35-24(4,13-7-9-31(10-8-13)22(33)34)30-19-14-11-16(26)17(25)18(28)20(14)29-21(27)15(19)12-32/h11-13H,7-10H2,1-6H3,(H,29,30)(H,33,34). The number of fused-ring (bicyclic) bond motifs is 1. The summed E-state index contributed by atoms with van der Waals surface area (Å²) in [5.41, 5.74) is -0.733. The van der Waals surface area contributed by atoms with E-state index < -0.39 is 26.0 Å². The smallest absolute Gasteiger partial charge is 0.407 e. The number of rotatable bonds is 6. The van der Waals surface area contributed by atoms with Gasteiger partial charge in [-0.15, -0.1) is 0 Å². The Labute approximate surface area is 229 Å². The summed E-state index contributed by atoms with van der Waals surface area (Å²) in [7, 11) is -2.39. The highest BCUT2D eigenvalue weighted by atomic mass is 79.9. The number of pyridine rings is 1. The Morgan fingerprint density at radius 2 is 1.89 bits per heavy atom. The number of aldehydes is 1. The molecule has 2 N–H and O–H groups in total. The summed E-state index contributed by atoms with van der Waals surface area (Å²) in [5.74, 6) is -0.804. The molecule has 1 atom stereocenters. The van der Waals surface area contributed by atoms with Gasteiger partial charge in [-0.05, 0) is 59.9 Å². The minimum absolute atomic E-state index is 0.0419. The van der Waals surface area contributed by atoms with Crippen molar-refractivity contribution in [3.63, 3.8) is 0 Å². The van der Waals surface area contributed by atoms with Crippen molar-refractivity contribution >= 4 is 76.4 Å². The van der Waals surface area contributed by atoms with Crippen LogP contribution in [0.15, 0.2) is 10.5 Å². The van der Waals surface area contributed by atoms with E-state index in [1.807, 2.05) is 6.92 Å². The third-order valence-corrected chi connectivity index (χ3v) is 13.6. The van der Waals surface area contributed by atoms with E-state index >= 15 is 4.39 Å². The molecule has 1 aliphatic heterocycles. The zero-order valence-electron chi connectivity index (χ0n) is 21.1. The van der Waals surface area contributed by atoms with E-state index in [0.717, 1.165) is 0 Å². The number of benzene rings is 1. The molecule has 198 valence electrons. The third-order valence-electron chi connectivity index (χ3n) is 7.42. The fraction of sp³-hybridized carbons (Fsp3) is 0.542. The van der Waals surface area contributed by atoms with E-state index in [2.05, 4.69) is 60.1 Å². The zero-order chi connectivity index (χ0) is 27.2. The van der Waals surface area contributed by atoms with Crippen LogP contribution in [-0.2, 0) is 4.43 Å². The number of carboxylic acid groups (broad SMARTS) is 1. The molecular weight excluding hydrogens is 592 g/mol. The minimum atomic E-state index is -2.39. The lowest BCUT2D eigenvalue weighted by atomic mass is 9.87. The molecule has 12 heteroatoms. The van der Waals surface area contributed by atoms with Crippen LogP contribution in [0.5, 0.6) is 0 Å². The highest BCUT2D eigenvalue weighted by Crippen LogP contribution is 2.45. The molecule has 0 aliphatic carbocycles. The summed E-state index contributed by atoms with van der Waals surface area (Å²) < 4.78 is 22.1. The fourth-order valence-electron chi connectivity index (χ4n) is 4.30. The van der Waals surface area contributed by atoms with E-state index in [1.165, 1.54) is 11.0 Å². The lowest BCUT2D eigenvalue weighted by Crippen LogP contribution is -2.57. The van der Waals surface area contributed by atoms with E-state index in [-0.39, 0.29) is 42.4 Å². The van der Waals surface area contributed by atoms with E-state index in [0.29, 0.717) is 37.6 Å². The maximum Gasteiger partial charge on any atom is 0.407 e. The minimum Gasteiger partial charge on any atom is -0.465 e. The molecule has 2 heterocycles. The van der Waals surface area contributed by atoms with E-state index in [4.69, 9.17) is 27.6 Å². The number of amides is 1. The average molecular weight is 623 g/mol. The highest BCUT2D eigenvalue weighted by molar-refractivity contribution is 9.10. The van der Waals surface area contributed by atoms with Gasteiger partial charge in [-0.2, -0.15) is 0 Å². The molecule has 1 saturated heterocycles. The number of aromatic nitrogens is 1. The molecule has 2 aromatic rings. The number of halogens is 4. The number of nitrogens with zero attached hydrogens (tertiary/aromatic N) is 2. The Morgan fingerprint density at radius 3 is 2.39 bits per heavy atom. The third kappa shape index (κ3) is 5.52. The van der Waals surface area contributed by atoms with Gasteiger partial charge in [-0.25, -0.2) is 14.2 Å². The van der Waals surface area contributed by atoms with Crippen molar-refractivity contribution in [3.8, 4) is 0 Å². The lowest BCUT2D eigenvalue weighted by Gasteiger charge is -2.50. The number of nitrogens with one attached hydrogen (secondary N) is 1. The van der Waals surface area contributed by atoms with Crippen LogP contribution >= 0.6 is 39.1 Å². The summed E-state index contributed by atoms with van der Waals surface area (Å²) in [4.78, 5) is 29.1. The molecule has 0 radical (unpaired) electrons. The van der Waals surface area contributed by atoms with Crippen LogP contribution in [0.4, 0.5) is 14.9 Å². The average Bonchev–Trinajstić information content (AvgIpc) is 2.77. The Morgan fingerprint density at radius 1 is 1.31 bits per heavy atom. The maximum atomic E-state index is 15.1. The molecule has 1 aromatic heterocycles. The van der Waals surface area contributed by atoms with Gasteiger partial charge in [0.25, 0.3) is 0 Å². The van der Waals surface area contributed by atoms with Crippen molar-refractivity contribution in [2.24, 2.45) is 5.92 Å². The first kappa shape index (κ1) is 29.1. The molecule has 1 aromatic carbocycles. The highest BCUT2D eigenvalue weighted by Gasteiger charge is 2.47.